The lowest BCUT2D eigenvalue weighted by molar-refractivity contribution is -0.141. The number of sulfone groups is 1. The van der Waals surface area contributed by atoms with Crippen LogP contribution in [0.4, 0.5) is 0 Å². The Hall–Kier alpha value is -1.15. The average Bonchev–Trinajstić information content (AvgIpc) is 2.25. The van der Waals surface area contributed by atoms with Crippen LogP contribution in [0.3, 0.4) is 0 Å². The molecule has 0 aliphatic carbocycles. The summed E-state index contributed by atoms with van der Waals surface area (Å²) in [6.07, 6.45) is 0.112. The average molecular weight is 306 g/mol. The molecule has 1 fully saturated rings. The highest BCUT2D eigenvalue weighted by Crippen LogP contribution is 2.17. The minimum Gasteiger partial charge on any atom is -0.481 e. The van der Waals surface area contributed by atoms with Gasteiger partial charge < -0.3 is 15.7 Å². The van der Waals surface area contributed by atoms with Gasteiger partial charge in [-0.25, -0.2) is 8.42 Å². The summed E-state index contributed by atoms with van der Waals surface area (Å²) in [5, 5.41) is 8.86. The molecule has 20 heavy (non-hydrogen) atoms. The standard InChI is InChI=1S/C12H22N2O5S/c1-8(2)5-10(13)12(17)14-3-4-20(18,19)7-9(14)6-11(15)16/h8-10H,3-7,13H2,1-2H3,(H,15,16)/t9?,10-/m1/s1. The van der Waals surface area contributed by atoms with E-state index >= 15 is 0 Å². The number of carboxylic acid groups (broad SMARTS) is 1. The van der Waals surface area contributed by atoms with Gasteiger partial charge in [0.15, 0.2) is 9.84 Å². The van der Waals surface area contributed by atoms with Crippen LogP contribution in [0.2, 0.25) is 0 Å². The van der Waals surface area contributed by atoms with Crippen molar-refractivity contribution in [2.75, 3.05) is 18.1 Å². The number of hydrogen-bond acceptors (Lipinski definition) is 5. The van der Waals surface area contributed by atoms with Crippen molar-refractivity contribution < 1.29 is 23.1 Å². The van der Waals surface area contributed by atoms with Crippen molar-refractivity contribution in [1.82, 2.24) is 4.90 Å². The molecule has 0 radical (unpaired) electrons. The lowest BCUT2D eigenvalue weighted by Gasteiger charge is -2.36. The summed E-state index contributed by atoms with van der Waals surface area (Å²) in [7, 11) is -3.29. The maximum absolute atomic E-state index is 12.2. The van der Waals surface area contributed by atoms with Crippen LogP contribution in [0.5, 0.6) is 0 Å². The second-order valence-corrected chi connectivity index (χ2v) is 7.86. The Bertz CT molecular complexity index is 474. The SMILES string of the molecule is CC(C)C[C@@H](N)C(=O)N1CCS(=O)(=O)CC1CC(=O)O. The molecule has 0 spiro atoms. The molecule has 2 atom stereocenters. The predicted molar refractivity (Wildman–Crippen MR) is 73.8 cm³/mol. The van der Waals surface area contributed by atoms with Gasteiger partial charge in [0, 0.05) is 6.54 Å². The topological polar surface area (TPSA) is 118 Å². The number of carboxylic acids is 1. The van der Waals surface area contributed by atoms with Gasteiger partial charge >= 0.3 is 5.97 Å². The van der Waals surface area contributed by atoms with Gasteiger partial charge in [-0.3, -0.25) is 9.59 Å². The van der Waals surface area contributed by atoms with Gasteiger partial charge in [-0.1, -0.05) is 13.8 Å². The smallest absolute Gasteiger partial charge is 0.305 e. The van der Waals surface area contributed by atoms with E-state index < -0.39 is 27.9 Å². The zero-order chi connectivity index (χ0) is 15.5. The molecule has 1 saturated heterocycles. The quantitative estimate of drug-likeness (QED) is 0.704. The van der Waals surface area contributed by atoms with Crippen LogP contribution in [-0.4, -0.2) is 60.4 Å². The van der Waals surface area contributed by atoms with E-state index in [-0.39, 0.29) is 36.3 Å². The van der Waals surface area contributed by atoms with Crippen molar-refractivity contribution >= 4 is 21.7 Å². The van der Waals surface area contributed by atoms with Crippen LogP contribution in [0.25, 0.3) is 0 Å². The number of nitrogens with two attached hydrogens (primary N) is 1. The van der Waals surface area contributed by atoms with E-state index in [1.165, 1.54) is 4.90 Å². The Labute approximate surface area is 119 Å². The Morgan fingerprint density at radius 2 is 2.00 bits per heavy atom. The molecular weight excluding hydrogens is 284 g/mol. The molecule has 0 aromatic heterocycles. The normalized spacial score (nSPS) is 23.6. The largest absolute Gasteiger partial charge is 0.481 e. The first-order valence-electron chi connectivity index (χ1n) is 6.60. The van der Waals surface area contributed by atoms with E-state index in [2.05, 4.69) is 0 Å². The Morgan fingerprint density at radius 1 is 1.40 bits per heavy atom. The van der Waals surface area contributed by atoms with Crippen LogP contribution < -0.4 is 5.73 Å². The van der Waals surface area contributed by atoms with Gasteiger partial charge in [0.05, 0.1) is 30.0 Å². The molecule has 8 heteroatoms. The second kappa shape index (κ2) is 6.53. The molecule has 1 rings (SSSR count). The zero-order valence-electron chi connectivity index (χ0n) is 11.8. The van der Waals surface area contributed by atoms with Crippen LogP contribution in [0, 0.1) is 5.92 Å². The summed E-state index contributed by atoms with van der Waals surface area (Å²) in [6, 6.07) is -1.54. The molecule has 0 saturated carbocycles. The summed E-state index contributed by atoms with van der Waals surface area (Å²) < 4.78 is 23.2. The highest BCUT2D eigenvalue weighted by molar-refractivity contribution is 7.91. The molecule has 116 valence electrons. The number of rotatable bonds is 5. The lowest BCUT2D eigenvalue weighted by atomic mass is 10.0. The summed E-state index contributed by atoms with van der Waals surface area (Å²) >= 11 is 0. The van der Waals surface area contributed by atoms with Gasteiger partial charge in [0.25, 0.3) is 0 Å². The number of carbonyl (C=O) groups is 2. The number of carbonyl (C=O) groups excluding carboxylic acids is 1. The van der Waals surface area contributed by atoms with Gasteiger partial charge in [-0.2, -0.15) is 0 Å². The first-order chi connectivity index (χ1) is 9.12. The zero-order valence-corrected chi connectivity index (χ0v) is 12.6. The van der Waals surface area contributed by atoms with E-state index in [1.54, 1.807) is 0 Å². The third kappa shape index (κ3) is 4.75. The fourth-order valence-electron chi connectivity index (χ4n) is 2.37. The van der Waals surface area contributed by atoms with E-state index in [0.717, 1.165) is 0 Å². The van der Waals surface area contributed by atoms with E-state index in [1.807, 2.05) is 13.8 Å². The van der Waals surface area contributed by atoms with Crippen LogP contribution in [-0.2, 0) is 19.4 Å². The minimum absolute atomic E-state index is 0.0188. The van der Waals surface area contributed by atoms with Crippen LogP contribution in [0.15, 0.2) is 0 Å². The first-order valence-corrected chi connectivity index (χ1v) is 8.43. The highest BCUT2D eigenvalue weighted by Gasteiger charge is 2.37. The maximum Gasteiger partial charge on any atom is 0.305 e. The molecule has 0 aromatic carbocycles. The summed E-state index contributed by atoms with van der Waals surface area (Å²) in [5.74, 6) is -1.69. The van der Waals surface area contributed by atoms with Crippen LogP contribution >= 0.6 is 0 Å². The van der Waals surface area contributed by atoms with Crippen molar-refractivity contribution in [2.45, 2.75) is 38.8 Å². The van der Waals surface area contributed by atoms with E-state index in [9.17, 15) is 18.0 Å². The Kier molecular flexibility index (Phi) is 5.52. The molecule has 1 heterocycles. The third-order valence-electron chi connectivity index (χ3n) is 3.27. The Balaban J connectivity index is 2.84. The molecule has 1 aliphatic heterocycles. The first kappa shape index (κ1) is 16.9. The van der Waals surface area contributed by atoms with Crippen molar-refractivity contribution in [2.24, 2.45) is 11.7 Å². The van der Waals surface area contributed by atoms with Crippen molar-refractivity contribution in [1.29, 1.82) is 0 Å². The molecule has 0 bridgehead atoms. The number of amides is 1. The summed E-state index contributed by atoms with van der Waals surface area (Å²) in [4.78, 5) is 24.4. The molecule has 1 aliphatic rings. The fraction of sp³-hybridized carbons (Fsp3) is 0.833. The van der Waals surface area contributed by atoms with E-state index in [4.69, 9.17) is 10.8 Å². The van der Waals surface area contributed by atoms with Crippen molar-refractivity contribution in [3.63, 3.8) is 0 Å². The monoisotopic (exact) mass is 306 g/mol. The number of nitrogens with zero attached hydrogens (tertiary/aromatic N) is 1. The van der Waals surface area contributed by atoms with Gasteiger partial charge in [0.2, 0.25) is 5.91 Å². The fourth-order valence-corrected chi connectivity index (χ4v) is 3.89. The predicted octanol–water partition coefficient (Wildman–Crippen LogP) is -0.540. The molecule has 1 unspecified atom stereocenters. The van der Waals surface area contributed by atoms with E-state index in [0.29, 0.717) is 6.42 Å². The van der Waals surface area contributed by atoms with Crippen molar-refractivity contribution in [3.8, 4) is 0 Å². The second-order valence-electron chi connectivity index (χ2n) is 5.63. The summed E-state index contributed by atoms with van der Waals surface area (Å²) in [5.41, 5.74) is 5.82. The molecular formula is C12H22N2O5S. The highest BCUT2D eigenvalue weighted by atomic mass is 32.2. The summed E-state index contributed by atoms with van der Waals surface area (Å²) in [6.45, 7) is 3.88. The van der Waals surface area contributed by atoms with Gasteiger partial charge in [-0.15, -0.1) is 0 Å². The lowest BCUT2D eigenvalue weighted by Crippen LogP contribution is -2.56. The minimum atomic E-state index is -3.29. The Morgan fingerprint density at radius 3 is 2.50 bits per heavy atom. The van der Waals surface area contributed by atoms with Gasteiger partial charge in [-0.05, 0) is 12.3 Å². The molecule has 0 aromatic rings. The molecule has 3 N–H and O–H groups in total. The van der Waals surface area contributed by atoms with Crippen molar-refractivity contribution in [3.05, 3.63) is 0 Å². The third-order valence-corrected chi connectivity index (χ3v) is 4.96. The number of hydrogen-bond donors (Lipinski definition) is 2. The molecule has 7 nitrogen and oxygen atoms in total. The van der Waals surface area contributed by atoms with Gasteiger partial charge in [0.1, 0.15) is 0 Å². The van der Waals surface area contributed by atoms with Crippen LogP contribution in [0.1, 0.15) is 26.7 Å². The molecule has 1 amide bonds. The maximum atomic E-state index is 12.2. The number of aliphatic carboxylic acids is 1.